The lowest BCUT2D eigenvalue weighted by molar-refractivity contribution is 0.0574. The Morgan fingerprint density at radius 3 is 2.53 bits per heavy atom. The minimum absolute atomic E-state index is 0.332. The zero-order valence-corrected chi connectivity index (χ0v) is 21.4. The molecule has 1 aliphatic rings. The van der Waals surface area contributed by atoms with Crippen LogP contribution in [0.4, 0.5) is 10.5 Å². The van der Waals surface area contributed by atoms with Gasteiger partial charge in [0.05, 0.1) is 47.2 Å². The number of methoxy groups -OCH3 is 2. The molecular weight excluding hydrogens is 460 g/mol. The van der Waals surface area contributed by atoms with Crippen molar-refractivity contribution in [2.24, 2.45) is 7.05 Å². The van der Waals surface area contributed by atoms with Crippen molar-refractivity contribution < 1.29 is 23.8 Å². The Kier molecular flexibility index (Phi) is 5.75. The molecule has 3 heterocycles. The first-order chi connectivity index (χ1) is 17.1. The van der Waals surface area contributed by atoms with Crippen LogP contribution in [0.2, 0.25) is 0 Å². The number of carbonyl (C=O) groups is 2. The van der Waals surface area contributed by atoms with Gasteiger partial charge in [0, 0.05) is 38.2 Å². The smallest absolute Gasteiger partial charge is 0.414 e. The predicted molar refractivity (Wildman–Crippen MR) is 137 cm³/mol. The molecule has 0 spiro atoms. The molecule has 9 heteroatoms. The minimum atomic E-state index is -0.578. The third-order valence-corrected chi connectivity index (χ3v) is 6.35. The van der Waals surface area contributed by atoms with E-state index in [1.54, 1.807) is 24.1 Å². The van der Waals surface area contributed by atoms with Gasteiger partial charge in [-0.1, -0.05) is 12.1 Å². The van der Waals surface area contributed by atoms with Crippen LogP contribution in [-0.4, -0.2) is 52.5 Å². The Balaban J connectivity index is 1.67. The number of hydrogen-bond donors (Lipinski definition) is 0. The molecule has 188 valence electrons. The number of nitrogens with zero attached hydrogens (tertiary/aromatic N) is 4. The van der Waals surface area contributed by atoms with Gasteiger partial charge in [-0.3, -0.25) is 4.90 Å². The number of carbonyl (C=O) groups excluding carboxylic acids is 2. The monoisotopic (exact) mass is 490 g/mol. The summed E-state index contributed by atoms with van der Waals surface area (Å²) in [7, 11) is 4.94. The van der Waals surface area contributed by atoms with Crippen LogP contribution in [0.25, 0.3) is 33.5 Å². The molecule has 1 amide bonds. The highest BCUT2D eigenvalue weighted by Gasteiger charge is 2.30. The Morgan fingerprint density at radius 2 is 1.83 bits per heavy atom. The molecule has 0 bridgehead atoms. The number of benzene rings is 2. The van der Waals surface area contributed by atoms with E-state index in [1.165, 1.54) is 7.11 Å². The van der Waals surface area contributed by atoms with Crippen molar-refractivity contribution in [2.75, 3.05) is 25.7 Å². The molecule has 0 atom stereocenters. The topological polar surface area (TPSA) is 87.8 Å². The van der Waals surface area contributed by atoms with Crippen LogP contribution >= 0.6 is 0 Å². The zero-order chi connectivity index (χ0) is 25.8. The lowest BCUT2D eigenvalue weighted by Crippen LogP contribution is -2.40. The maximum atomic E-state index is 13.0. The van der Waals surface area contributed by atoms with Gasteiger partial charge in [-0.25, -0.2) is 14.6 Å². The van der Waals surface area contributed by atoms with Gasteiger partial charge in [0.2, 0.25) is 0 Å². The number of esters is 1. The first-order valence-electron chi connectivity index (χ1n) is 11.8. The molecular formula is C27H30N4O5. The molecule has 5 rings (SSSR count). The number of imidazole rings is 1. The highest BCUT2D eigenvalue weighted by atomic mass is 16.6. The molecule has 36 heavy (non-hydrogen) atoms. The third-order valence-electron chi connectivity index (χ3n) is 6.35. The Hall–Kier alpha value is -3.85. The van der Waals surface area contributed by atoms with Gasteiger partial charge in [0.1, 0.15) is 5.60 Å². The Labute approximate surface area is 209 Å². The normalized spacial score (nSPS) is 13.4. The lowest BCUT2D eigenvalue weighted by Gasteiger charge is -2.31. The number of para-hydroxylation sites is 1. The second kappa shape index (κ2) is 8.67. The van der Waals surface area contributed by atoms with Crippen LogP contribution in [0.1, 0.15) is 36.7 Å². The van der Waals surface area contributed by atoms with Crippen molar-refractivity contribution in [3.05, 3.63) is 47.5 Å². The molecule has 9 nitrogen and oxygen atoms in total. The molecule has 0 radical (unpaired) electrons. The third kappa shape index (κ3) is 3.89. The van der Waals surface area contributed by atoms with E-state index in [4.69, 9.17) is 19.2 Å². The predicted octanol–water partition coefficient (Wildman–Crippen LogP) is 4.88. The van der Waals surface area contributed by atoms with E-state index in [1.807, 2.05) is 50.6 Å². The van der Waals surface area contributed by atoms with Gasteiger partial charge in [-0.05, 0) is 45.0 Å². The number of amides is 1. The summed E-state index contributed by atoms with van der Waals surface area (Å²) >= 11 is 0. The molecule has 0 saturated heterocycles. The summed E-state index contributed by atoms with van der Waals surface area (Å²) in [5.41, 5.74) is 4.99. The number of anilines is 1. The quantitative estimate of drug-likeness (QED) is 0.379. The molecule has 2 aromatic carbocycles. The molecule has 0 fully saturated rings. The van der Waals surface area contributed by atoms with Gasteiger partial charge >= 0.3 is 12.1 Å². The van der Waals surface area contributed by atoms with E-state index in [0.717, 1.165) is 39.2 Å². The molecule has 1 aliphatic heterocycles. The summed E-state index contributed by atoms with van der Waals surface area (Å²) in [5.74, 6) is 0.342. The first-order valence-corrected chi connectivity index (χ1v) is 11.8. The van der Waals surface area contributed by atoms with Crippen LogP contribution in [0.5, 0.6) is 0 Å². The summed E-state index contributed by atoms with van der Waals surface area (Å²) in [5, 5.41) is 1.01. The number of ether oxygens (including phenoxy) is 3. The van der Waals surface area contributed by atoms with Gasteiger partial charge in [0.25, 0.3) is 0 Å². The number of aromatic nitrogens is 3. The molecule has 0 aliphatic carbocycles. The molecule has 0 saturated carbocycles. The largest absolute Gasteiger partial charge is 0.465 e. The van der Waals surface area contributed by atoms with Crippen LogP contribution in [0, 0.1) is 0 Å². The summed E-state index contributed by atoms with van der Waals surface area (Å²) in [6.45, 7) is 7.01. The fourth-order valence-electron chi connectivity index (χ4n) is 4.94. The van der Waals surface area contributed by atoms with E-state index in [-0.39, 0.29) is 6.09 Å². The van der Waals surface area contributed by atoms with Crippen LogP contribution in [0.15, 0.2) is 36.4 Å². The van der Waals surface area contributed by atoms with Crippen molar-refractivity contribution in [1.82, 2.24) is 14.1 Å². The summed E-state index contributed by atoms with van der Waals surface area (Å²) in [4.78, 5) is 31.9. The minimum Gasteiger partial charge on any atom is -0.465 e. The maximum Gasteiger partial charge on any atom is 0.414 e. The van der Waals surface area contributed by atoms with E-state index in [0.29, 0.717) is 30.8 Å². The van der Waals surface area contributed by atoms with Crippen molar-refractivity contribution >= 4 is 39.7 Å². The van der Waals surface area contributed by atoms with Gasteiger partial charge < -0.3 is 23.3 Å². The van der Waals surface area contributed by atoms with Gasteiger partial charge in [-0.2, -0.15) is 0 Å². The molecule has 0 N–H and O–H groups in total. The fourth-order valence-corrected chi connectivity index (χ4v) is 4.94. The van der Waals surface area contributed by atoms with Gasteiger partial charge in [-0.15, -0.1) is 0 Å². The zero-order valence-electron chi connectivity index (χ0n) is 21.4. The van der Waals surface area contributed by atoms with E-state index < -0.39 is 11.6 Å². The highest BCUT2D eigenvalue weighted by Crippen LogP contribution is 2.38. The van der Waals surface area contributed by atoms with E-state index >= 15 is 0 Å². The van der Waals surface area contributed by atoms with Crippen LogP contribution in [-0.2, 0) is 34.4 Å². The standard InChI is InChI=1S/C27H30N4O5/c1-27(2,3)36-26(33)31-11-10-30-21(14-16-8-7-9-20(31)23(16)30)24-28-19-13-17(25(32)35-6)12-18(15-34-5)22(19)29(24)4/h7-9,12-14H,10-11,15H2,1-6H3. The fraction of sp³-hybridized carbons (Fsp3) is 0.370. The summed E-state index contributed by atoms with van der Waals surface area (Å²) < 4.78 is 20.2. The Bertz CT molecular complexity index is 1510. The van der Waals surface area contributed by atoms with Crippen molar-refractivity contribution in [3.63, 3.8) is 0 Å². The number of hydrogen-bond acceptors (Lipinski definition) is 6. The second-order valence-electron chi connectivity index (χ2n) is 9.95. The average Bonchev–Trinajstić information content (AvgIpc) is 3.36. The van der Waals surface area contributed by atoms with E-state index in [2.05, 4.69) is 10.6 Å². The highest BCUT2D eigenvalue weighted by molar-refractivity contribution is 6.03. The summed E-state index contributed by atoms with van der Waals surface area (Å²) in [6, 6.07) is 11.6. The van der Waals surface area contributed by atoms with Gasteiger partial charge in [0.15, 0.2) is 5.82 Å². The average molecular weight is 491 g/mol. The lowest BCUT2D eigenvalue weighted by atomic mass is 10.1. The van der Waals surface area contributed by atoms with E-state index in [9.17, 15) is 9.59 Å². The first kappa shape index (κ1) is 23.9. The SMILES string of the molecule is COCc1cc(C(=O)OC)cc2nc(-c3cc4cccc5c4n3CCN5C(=O)OC(C)(C)C)n(C)c12. The number of fused-ring (bicyclic) bond motifs is 1. The second-order valence-corrected chi connectivity index (χ2v) is 9.95. The number of aryl methyl sites for hydroxylation is 1. The summed E-state index contributed by atoms with van der Waals surface area (Å²) in [6.07, 6.45) is -0.355. The van der Waals surface area contributed by atoms with Crippen LogP contribution in [0.3, 0.4) is 0 Å². The maximum absolute atomic E-state index is 13.0. The molecule has 2 aromatic heterocycles. The van der Waals surface area contributed by atoms with Crippen molar-refractivity contribution in [2.45, 2.75) is 39.5 Å². The van der Waals surface area contributed by atoms with Crippen molar-refractivity contribution in [1.29, 1.82) is 0 Å². The number of rotatable bonds is 4. The molecule has 4 aromatic rings. The molecule has 0 unspecified atom stereocenters. The Morgan fingerprint density at radius 1 is 1.06 bits per heavy atom. The van der Waals surface area contributed by atoms with Crippen molar-refractivity contribution in [3.8, 4) is 11.5 Å². The van der Waals surface area contributed by atoms with Crippen LogP contribution < -0.4 is 4.90 Å².